The Hall–Kier alpha value is -2.56. The number of hydrogen-bond acceptors (Lipinski definition) is 5. The number of phenols is 4. The molecule has 0 unspecified atom stereocenters. The first-order valence-electron chi connectivity index (χ1n) is 5.86. The molecule has 3 rings (SSSR count). The molecule has 1 aliphatic rings. The summed E-state index contributed by atoms with van der Waals surface area (Å²) in [6.07, 6.45) is 0. The van der Waals surface area contributed by atoms with Crippen LogP contribution in [0.4, 0.5) is 11.4 Å². The van der Waals surface area contributed by atoms with Gasteiger partial charge in [-0.15, -0.1) is 0 Å². The lowest BCUT2D eigenvalue weighted by Crippen LogP contribution is -2.11. The topological polar surface area (TPSA) is 93.0 Å². The number of nitrogens with one attached hydrogen (secondary N) is 1. The van der Waals surface area contributed by atoms with Gasteiger partial charge in [0.2, 0.25) is 0 Å². The van der Waals surface area contributed by atoms with Crippen molar-refractivity contribution in [2.24, 2.45) is 0 Å². The highest BCUT2D eigenvalue weighted by Crippen LogP contribution is 2.50. The van der Waals surface area contributed by atoms with Gasteiger partial charge >= 0.3 is 0 Å². The van der Waals surface area contributed by atoms with Crippen molar-refractivity contribution in [2.45, 2.75) is 12.8 Å². The predicted octanol–water partition coefficient (Wildman–Crippen LogP) is 2.72. The van der Waals surface area contributed by atoms with E-state index in [1.54, 1.807) is 0 Å². The van der Waals surface area contributed by atoms with Crippen molar-refractivity contribution < 1.29 is 20.4 Å². The van der Waals surface area contributed by atoms with Crippen molar-refractivity contribution in [2.75, 3.05) is 5.32 Å². The van der Waals surface area contributed by atoms with Crippen LogP contribution in [0.25, 0.3) is 0 Å². The molecule has 0 radical (unpaired) electrons. The van der Waals surface area contributed by atoms with Crippen LogP contribution in [0.3, 0.4) is 0 Å². The van der Waals surface area contributed by atoms with Gasteiger partial charge in [-0.25, -0.2) is 0 Å². The van der Waals surface area contributed by atoms with E-state index < -0.39 is 0 Å². The lowest BCUT2D eigenvalue weighted by Gasteiger charge is -2.28. The molecule has 2 aromatic rings. The fraction of sp³-hybridized carbons (Fsp3) is 0.143. The van der Waals surface area contributed by atoms with E-state index in [1.807, 2.05) is 6.92 Å². The van der Waals surface area contributed by atoms with E-state index in [9.17, 15) is 20.4 Å². The molecule has 2 aromatic carbocycles. The minimum absolute atomic E-state index is 0.0341. The standard InChI is InChI=1S/C14H13NO4/c1-6-13-9(2-7(16)4-11(13)18)15-10-3-8(17)5-12(19)14(6)10/h2-6,15-19H,1H3. The minimum Gasteiger partial charge on any atom is -0.508 e. The molecule has 0 spiro atoms. The highest BCUT2D eigenvalue weighted by molar-refractivity contribution is 5.79. The van der Waals surface area contributed by atoms with E-state index in [1.165, 1.54) is 24.3 Å². The molecule has 1 aliphatic heterocycles. The fourth-order valence-corrected chi connectivity index (χ4v) is 2.65. The SMILES string of the molecule is CC1c2c(O)cc(O)cc2Nc2cc(O)cc(O)c21. The lowest BCUT2D eigenvalue weighted by atomic mass is 9.86. The molecule has 0 fully saturated rings. The summed E-state index contributed by atoms with van der Waals surface area (Å²) in [5.74, 6) is -0.429. The Balaban J connectivity index is 2.26. The van der Waals surface area contributed by atoms with E-state index >= 15 is 0 Å². The van der Waals surface area contributed by atoms with Crippen LogP contribution in [0.5, 0.6) is 23.0 Å². The van der Waals surface area contributed by atoms with Gasteiger partial charge < -0.3 is 25.7 Å². The van der Waals surface area contributed by atoms with E-state index in [0.717, 1.165) is 0 Å². The predicted molar refractivity (Wildman–Crippen MR) is 70.3 cm³/mol. The van der Waals surface area contributed by atoms with Crippen LogP contribution in [0.2, 0.25) is 0 Å². The van der Waals surface area contributed by atoms with Gasteiger partial charge in [-0.1, -0.05) is 6.92 Å². The van der Waals surface area contributed by atoms with Crippen molar-refractivity contribution in [3.8, 4) is 23.0 Å². The quantitative estimate of drug-likeness (QED) is 0.501. The zero-order chi connectivity index (χ0) is 13.7. The molecule has 5 N–H and O–H groups in total. The summed E-state index contributed by atoms with van der Waals surface area (Å²) in [6.45, 7) is 1.84. The summed E-state index contributed by atoms with van der Waals surface area (Å²) >= 11 is 0. The van der Waals surface area contributed by atoms with Crippen molar-refractivity contribution >= 4 is 11.4 Å². The number of anilines is 2. The number of hydrogen-bond donors (Lipinski definition) is 5. The molecule has 1 heterocycles. The monoisotopic (exact) mass is 259 g/mol. The number of benzene rings is 2. The van der Waals surface area contributed by atoms with Crippen LogP contribution in [0.1, 0.15) is 24.0 Å². The first-order chi connectivity index (χ1) is 8.97. The maximum Gasteiger partial charge on any atom is 0.125 e. The van der Waals surface area contributed by atoms with E-state index in [0.29, 0.717) is 22.5 Å². The lowest BCUT2D eigenvalue weighted by molar-refractivity contribution is 0.438. The smallest absolute Gasteiger partial charge is 0.125 e. The first-order valence-corrected chi connectivity index (χ1v) is 5.86. The van der Waals surface area contributed by atoms with Crippen molar-refractivity contribution in [1.82, 2.24) is 0 Å². The van der Waals surface area contributed by atoms with Crippen LogP contribution >= 0.6 is 0 Å². The Morgan fingerprint density at radius 1 is 0.789 bits per heavy atom. The summed E-state index contributed by atoms with van der Waals surface area (Å²) < 4.78 is 0. The Labute approximate surface area is 109 Å². The van der Waals surface area contributed by atoms with Gasteiger partial charge in [-0.2, -0.15) is 0 Å². The summed E-state index contributed by atoms with van der Waals surface area (Å²) in [4.78, 5) is 0. The van der Waals surface area contributed by atoms with Gasteiger partial charge in [0, 0.05) is 52.7 Å². The number of phenolic OH excluding ortho intramolecular Hbond substituents is 4. The summed E-state index contributed by atoms with van der Waals surface area (Å²) in [5, 5.41) is 41.9. The second kappa shape index (κ2) is 3.71. The molecule has 5 heteroatoms. The number of fused-ring (bicyclic) bond motifs is 2. The van der Waals surface area contributed by atoms with Crippen molar-refractivity contribution in [3.63, 3.8) is 0 Å². The van der Waals surface area contributed by atoms with Crippen LogP contribution in [0, 0.1) is 0 Å². The van der Waals surface area contributed by atoms with Gasteiger partial charge in [0.15, 0.2) is 0 Å². The summed E-state index contributed by atoms with van der Waals surface area (Å²) in [5.41, 5.74) is 2.32. The van der Waals surface area contributed by atoms with E-state index in [4.69, 9.17) is 0 Å². The molecule has 0 aromatic heterocycles. The highest BCUT2D eigenvalue weighted by atomic mass is 16.3. The molecule has 5 nitrogen and oxygen atoms in total. The van der Waals surface area contributed by atoms with Gasteiger partial charge in [-0.05, 0) is 0 Å². The normalized spacial score (nSPS) is 13.5. The third kappa shape index (κ3) is 1.62. The zero-order valence-corrected chi connectivity index (χ0v) is 10.2. The molecule has 0 saturated carbocycles. The number of aromatic hydroxyl groups is 4. The molecule has 0 aliphatic carbocycles. The first kappa shape index (κ1) is 11.5. The Morgan fingerprint density at radius 2 is 1.21 bits per heavy atom. The molecule has 19 heavy (non-hydrogen) atoms. The van der Waals surface area contributed by atoms with Gasteiger partial charge in [0.1, 0.15) is 23.0 Å². The molecule has 0 atom stereocenters. The third-order valence-electron chi connectivity index (χ3n) is 3.42. The summed E-state index contributed by atoms with van der Waals surface area (Å²) in [7, 11) is 0. The molecular formula is C14H13NO4. The van der Waals surface area contributed by atoms with Crippen LogP contribution in [-0.4, -0.2) is 20.4 Å². The fourth-order valence-electron chi connectivity index (χ4n) is 2.65. The van der Waals surface area contributed by atoms with Crippen LogP contribution in [-0.2, 0) is 0 Å². The third-order valence-corrected chi connectivity index (χ3v) is 3.42. The van der Waals surface area contributed by atoms with Gasteiger partial charge in [0.05, 0.1) is 0 Å². The van der Waals surface area contributed by atoms with Gasteiger partial charge in [-0.3, -0.25) is 0 Å². The Kier molecular flexibility index (Phi) is 2.25. The Bertz CT molecular complexity index is 624. The average molecular weight is 259 g/mol. The van der Waals surface area contributed by atoms with Crippen LogP contribution in [0.15, 0.2) is 24.3 Å². The van der Waals surface area contributed by atoms with Gasteiger partial charge in [0.25, 0.3) is 0 Å². The van der Waals surface area contributed by atoms with E-state index in [-0.39, 0.29) is 28.9 Å². The zero-order valence-electron chi connectivity index (χ0n) is 10.2. The summed E-state index contributed by atoms with van der Waals surface area (Å²) in [6, 6.07) is 5.52. The average Bonchev–Trinajstić information content (AvgIpc) is 2.25. The minimum atomic E-state index is -0.257. The van der Waals surface area contributed by atoms with Crippen molar-refractivity contribution in [1.29, 1.82) is 0 Å². The molecule has 0 bridgehead atoms. The Morgan fingerprint density at radius 3 is 1.63 bits per heavy atom. The van der Waals surface area contributed by atoms with E-state index in [2.05, 4.69) is 5.32 Å². The molecular weight excluding hydrogens is 246 g/mol. The second-order valence-corrected chi connectivity index (χ2v) is 4.70. The second-order valence-electron chi connectivity index (χ2n) is 4.70. The molecule has 0 saturated heterocycles. The largest absolute Gasteiger partial charge is 0.508 e. The maximum atomic E-state index is 9.95. The highest BCUT2D eigenvalue weighted by Gasteiger charge is 2.28. The maximum absolute atomic E-state index is 9.95. The molecule has 98 valence electrons. The van der Waals surface area contributed by atoms with Crippen molar-refractivity contribution in [3.05, 3.63) is 35.4 Å². The van der Waals surface area contributed by atoms with Crippen LogP contribution < -0.4 is 5.32 Å². The number of rotatable bonds is 0. The molecule has 0 amide bonds.